The van der Waals surface area contributed by atoms with Gasteiger partial charge in [-0.1, -0.05) is 0 Å². The van der Waals surface area contributed by atoms with Gasteiger partial charge in [0, 0.05) is 13.0 Å². The molecule has 0 saturated carbocycles. The molecule has 5 heteroatoms. The van der Waals surface area contributed by atoms with E-state index >= 15 is 0 Å². The van der Waals surface area contributed by atoms with Gasteiger partial charge in [0.1, 0.15) is 5.03 Å². The third-order valence-electron chi connectivity index (χ3n) is 1.01. The maximum absolute atomic E-state index is 10.0. The first-order valence-electron chi connectivity index (χ1n) is 3.27. The molecule has 0 aromatic carbocycles. The Labute approximate surface area is 75.6 Å². The minimum Gasteiger partial charge on any atom is -0.374 e. The van der Waals surface area contributed by atoms with E-state index in [1.807, 2.05) is 0 Å². The lowest BCUT2D eigenvalue weighted by atomic mass is 10.4. The highest BCUT2D eigenvalue weighted by atomic mass is 32.2. The van der Waals surface area contributed by atoms with Gasteiger partial charge in [0.25, 0.3) is 6.20 Å². The van der Waals surface area contributed by atoms with E-state index in [0.29, 0.717) is 18.0 Å². The maximum Gasteiger partial charge on any atom is 0.263 e. The summed E-state index contributed by atoms with van der Waals surface area (Å²) < 4.78 is 0. The summed E-state index contributed by atoms with van der Waals surface area (Å²) in [5, 5.41) is 13.4. The zero-order valence-electron chi connectivity index (χ0n) is 6.74. The Balaban J connectivity index is 3.85. The molecule has 4 nitrogen and oxygen atoms in total. The quantitative estimate of drug-likeness (QED) is 0.301. The van der Waals surface area contributed by atoms with E-state index in [1.54, 1.807) is 6.26 Å². The zero-order valence-corrected chi connectivity index (χ0v) is 7.56. The second-order valence-electron chi connectivity index (χ2n) is 1.86. The van der Waals surface area contributed by atoms with Crippen molar-refractivity contribution in [2.24, 2.45) is 0 Å². The van der Waals surface area contributed by atoms with Crippen LogP contribution in [0.15, 0.2) is 11.2 Å². The summed E-state index contributed by atoms with van der Waals surface area (Å²) >= 11 is 1.29. The molecule has 0 amide bonds. The first-order chi connectivity index (χ1) is 5.70. The molecule has 0 bridgehead atoms. The van der Waals surface area contributed by atoms with Crippen molar-refractivity contribution in [1.29, 1.82) is 0 Å². The summed E-state index contributed by atoms with van der Waals surface area (Å²) in [7, 11) is 0. The van der Waals surface area contributed by atoms with Crippen LogP contribution in [-0.4, -0.2) is 17.7 Å². The predicted molar refractivity (Wildman–Crippen MR) is 50.0 cm³/mol. The van der Waals surface area contributed by atoms with E-state index in [2.05, 4.69) is 11.2 Å². The van der Waals surface area contributed by atoms with Gasteiger partial charge in [-0.05, 0) is 6.26 Å². The SMILES string of the molecule is C#CCCN/C(=C/[N+](=O)[O-])SC. The Kier molecular flexibility index (Phi) is 5.93. The Morgan fingerprint density at radius 1 is 1.92 bits per heavy atom. The van der Waals surface area contributed by atoms with Crippen LogP contribution in [0.3, 0.4) is 0 Å². The lowest BCUT2D eigenvalue weighted by Crippen LogP contribution is -2.13. The van der Waals surface area contributed by atoms with Gasteiger partial charge in [0.05, 0.1) is 4.92 Å². The van der Waals surface area contributed by atoms with Gasteiger partial charge in [0.2, 0.25) is 0 Å². The molecule has 0 aromatic rings. The second kappa shape index (κ2) is 6.55. The molecule has 0 saturated heterocycles. The molecule has 0 aliphatic carbocycles. The summed E-state index contributed by atoms with van der Waals surface area (Å²) in [4.78, 5) is 9.55. The summed E-state index contributed by atoms with van der Waals surface area (Å²) in [6.07, 6.45) is 8.27. The average molecular weight is 186 g/mol. The lowest BCUT2D eigenvalue weighted by Gasteiger charge is -2.01. The summed E-state index contributed by atoms with van der Waals surface area (Å²) in [6, 6.07) is 0. The molecular weight excluding hydrogens is 176 g/mol. The van der Waals surface area contributed by atoms with Crippen molar-refractivity contribution in [3.05, 3.63) is 21.3 Å². The van der Waals surface area contributed by atoms with Crippen LogP contribution in [0.1, 0.15) is 6.42 Å². The number of hydrogen-bond donors (Lipinski definition) is 1. The normalized spacial score (nSPS) is 10.5. The molecule has 0 aromatic heterocycles. The molecule has 0 aliphatic rings. The van der Waals surface area contributed by atoms with Gasteiger partial charge in [-0.15, -0.1) is 24.1 Å². The molecule has 12 heavy (non-hydrogen) atoms. The molecule has 0 unspecified atom stereocenters. The predicted octanol–water partition coefficient (Wildman–Crippen LogP) is 1.04. The number of nitro groups is 1. The number of terminal acetylenes is 1. The van der Waals surface area contributed by atoms with Crippen LogP contribution < -0.4 is 5.32 Å². The zero-order chi connectivity index (χ0) is 9.40. The van der Waals surface area contributed by atoms with E-state index < -0.39 is 4.92 Å². The molecule has 0 radical (unpaired) electrons. The van der Waals surface area contributed by atoms with E-state index in [0.717, 1.165) is 6.20 Å². The Bertz CT molecular complexity index is 220. The van der Waals surface area contributed by atoms with Crippen molar-refractivity contribution in [3.63, 3.8) is 0 Å². The Morgan fingerprint density at radius 2 is 2.58 bits per heavy atom. The van der Waals surface area contributed by atoms with Gasteiger partial charge in [-0.3, -0.25) is 10.1 Å². The van der Waals surface area contributed by atoms with Gasteiger partial charge in [-0.25, -0.2) is 0 Å². The number of nitrogens with one attached hydrogen (secondary N) is 1. The number of rotatable bonds is 5. The standard InChI is InChI=1S/C7H10N2O2S/c1-3-4-5-8-7(12-2)6-9(10)11/h1,6,8H,4-5H2,2H3/b7-6-. The molecule has 66 valence electrons. The Hall–Kier alpha value is -1.15. The topological polar surface area (TPSA) is 55.2 Å². The second-order valence-corrected chi connectivity index (χ2v) is 2.71. The molecule has 1 N–H and O–H groups in total. The van der Waals surface area contributed by atoms with Crippen molar-refractivity contribution in [2.45, 2.75) is 6.42 Å². The van der Waals surface area contributed by atoms with Crippen LogP contribution in [0, 0.1) is 22.5 Å². The minimum absolute atomic E-state index is 0.491. The lowest BCUT2D eigenvalue weighted by molar-refractivity contribution is -0.403. The third kappa shape index (κ3) is 5.62. The van der Waals surface area contributed by atoms with Crippen molar-refractivity contribution in [2.75, 3.05) is 12.8 Å². The van der Waals surface area contributed by atoms with Crippen LogP contribution in [0.4, 0.5) is 0 Å². The highest BCUT2D eigenvalue weighted by Gasteiger charge is 1.98. The summed E-state index contributed by atoms with van der Waals surface area (Å²) in [5.74, 6) is 2.43. The van der Waals surface area contributed by atoms with Gasteiger partial charge in [0.15, 0.2) is 0 Å². The van der Waals surface area contributed by atoms with Crippen molar-refractivity contribution < 1.29 is 4.92 Å². The number of hydrogen-bond acceptors (Lipinski definition) is 4. The van der Waals surface area contributed by atoms with E-state index in [-0.39, 0.29) is 0 Å². The van der Waals surface area contributed by atoms with Crippen molar-refractivity contribution in [3.8, 4) is 12.3 Å². The molecular formula is C7H10N2O2S. The highest BCUT2D eigenvalue weighted by Crippen LogP contribution is 2.06. The molecule has 0 aliphatic heterocycles. The van der Waals surface area contributed by atoms with Crippen LogP contribution in [0.2, 0.25) is 0 Å². The average Bonchev–Trinajstić information content (AvgIpc) is 2.02. The van der Waals surface area contributed by atoms with Gasteiger partial charge >= 0.3 is 0 Å². The smallest absolute Gasteiger partial charge is 0.263 e. The van der Waals surface area contributed by atoms with Gasteiger partial charge in [-0.2, -0.15) is 0 Å². The van der Waals surface area contributed by atoms with Crippen LogP contribution in [-0.2, 0) is 0 Å². The van der Waals surface area contributed by atoms with Crippen molar-refractivity contribution >= 4 is 11.8 Å². The largest absolute Gasteiger partial charge is 0.374 e. The first-order valence-corrected chi connectivity index (χ1v) is 4.49. The fraction of sp³-hybridized carbons (Fsp3) is 0.429. The molecule has 0 spiro atoms. The fourth-order valence-corrected chi connectivity index (χ4v) is 0.962. The van der Waals surface area contributed by atoms with Crippen molar-refractivity contribution in [1.82, 2.24) is 5.32 Å². The molecule has 0 atom stereocenters. The van der Waals surface area contributed by atoms with E-state index in [1.165, 1.54) is 11.8 Å². The summed E-state index contributed by atoms with van der Waals surface area (Å²) in [6.45, 7) is 0.566. The van der Waals surface area contributed by atoms with Crippen LogP contribution >= 0.6 is 11.8 Å². The van der Waals surface area contributed by atoms with Crippen LogP contribution in [0.25, 0.3) is 0 Å². The Morgan fingerprint density at radius 3 is 3.00 bits per heavy atom. The monoisotopic (exact) mass is 186 g/mol. The fourth-order valence-electron chi connectivity index (χ4n) is 0.524. The van der Waals surface area contributed by atoms with Crippen LogP contribution in [0.5, 0.6) is 0 Å². The van der Waals surface area contributed by atoms with E-state index in [9.17, 15) is 10.1 Å². The third-order valence-corrected chi connectivity index (χ3v) is 1.70. The molecule has 0 fully saturated rings. The first kappa shape index (κ1) is 10.8. The highest BCUT2D eigenvalue weighted by molar-refractivity contribution is 8.02. The van der Waals surface area contributed by atoms with Gasteiger partial charge < -0.3 is 5.32 Å². The number of nitrogens with zero attached hydrogens (tertiary/aromatic N) is 1. The summed E-state index contributed by atoms with van der Waals surface area (Å²) in [5.41, 5.74) is 0. The maximum atomic E-state index is 10.0. The molecule has 0 rings (SSSR count). The molecule has 0 heterocycles. The van der Waals surface area contributed by atoms with E-state index in [4.69, 9.17) is 6.42 Å². The minimum atomic E-state index is -0.491. The number of thioether (sulfide) groups is 1.